The largest absolute Gasteiger partial charge is 0.523 e. The maximum absolute atomic E-state index is 12.4. The molecule has 0 N–H and O–H groups in total. The molecule has 0 saturated carbocycles. The Morgan fingerprint density at radius 2 is 1.78 bits per heavy atom. The van der Waals surface area contributed by atoms with Gasteiger partial charge in [-0.05, 0) is 33.9 Å². The van der Waals surface area contributed by atoms with Crippen molar-refractivity contribution in [2.24, 2.45) is 0 Å². The zero-order valence-electron chi connectivity index (χ0n) is 12.0. The third-order valence-corrected chi connectivity index (χ3v) is 7.61. The average Bonchev–Trinajstić information content (AvgIpc) is 2.93. The Labute approximate surface area is 134 Å². The van der Waals surface area contributed by atoms with Gasteiger partial charge < -0.3 is 0 Å². The molecule has 0 spiro atoms. The molecule has 126 valence electrons. The Kier molecular flexibility index (Phi) is 4.33. The van der Waals surface area contributed by atoms with Crippen LogP contribution in [0.5, 0.6) is 0 Å². The molecule has 1 fully saturated rings. The van der Waals surface area contributed by atoms with E-state index < -0.39 is 32.6 Å². The molecular weight excluding hydrogens is 349 g/mol. The topological polar surface area (TPSA) is 43.4 Å². The van der Waals surface area contributed by atoms with Crippen molar-refractivity contribution in [3.05, 3.63) is 42.5 Å². The Morgan fingerprint density at radius 1 is 1.09 bits per heavy atom. The van der Waals surface area contributed by atoms with E-state index in [0.29, 0.717) is 17.9 Å². The molecule has 0 aliphatic carbocycles. The highest BCUT2D eigenvalue weighted by molar-refractivity contribution is 8.17. The maximum Gasteiger partial charge on any atom is 0.523 e. The van der Waals surface area contributed by atoms with Crippen LogP contribution < -0.4 is 0 Å². The van der Waals surface area contributed by atoms with Crippen LogP contribution in [0.25, 0.3) is 10.8 Å². The molecule has 8 heteroatoms. The van der Waals surface area contributed by atoms with E-state index in [1.54, 1.807) is 0 Å². The Hall–Kier alpha value is -1.25. The van der Waals surface area contributed by atoms with Crippen LogP contribution in [0.15, 0.2) is 47.4 Å². The summed E-state index contributed by atoms with van der Waals surface area (Å²) >= 11 is 0. The second-order valence-corrected chi connectivity index (χ2v) is 9.29. The summed E-state index contributed by atoms with van der Waals surface area (Å²) in [7, 11) is -6.24. The van der Waals surface area contributed by atoms with Crippen LogP contribution in [0.2, 0.25) is 0 Å². The second-order valence-electron chi connectivity index (χ2n) is 5.35. The summed E-state index contributed by atoms with van der Waals surface area (Å²) < 4.78 is 63.9. The zero-order valence-corrected chi connectivity index (χ0v) is 13.7. The van der Waals surface area contributed by atoms with Gasteiger partial charge >= 0.3 is 15.6 Å². The number of hydrogen-bond acceptors (Lipinski definition) is 3. The predicted octanol–water partition coefficient (Wildman–Crippen LogP) is 3.84. The number of hydrogen-bond donors (Lipinski definition) is 1. The van der Waals surface area contributed by atoms with E-state index >= 15 is 0 Å². The molecule has 0 bridgehead atoms. The van der Waals surface area contributed by atoms with Crippen LogP contribution in [0, 0.1) is 0 Å². The van der Waals surface area contributed by atoms with E-state index in [1.807, 2.05) is 42.5 Å². The SMILES string of the molecule is O=S(=O)(OC1CC[SH](c2cccc3ccccc23)C1)C(F)(F)F. The predicted molar refractivity (Wildman–Crippen MR) is 85.4 cm³/mol. The lowest BCUT2D eigenvalue weighted by atomic mass is 10.1. The Bertz CT molecular complexity index is 813. The summed E-state index contributed by atoms with van der Waals surface area (Å²) in [6, 6.07) is 13.7. The van der Waals surface area contributed by atoms with E-state index in [1.165, 1.54) is 0 Å². The Balaban J connectivity index is 1.80. The summed E-state index contributed by atoms with van der Waals surface area (Å²) in [6.07, 6.45) is -0.573. The van der Waals surface area contributed by atoms with Gasteiger partial charge in [0.1, 0.15) is 0 Å². The van der Waals surface area contributed by atoms with Crippen LogP contribution in [0.1, 0.15) is 6.42 Å². The molecule has 0 radical (unpaired) electrons. The van der Waals surface area contributed by atoms with Gasteiger partial charge in [-0.15, -0.1) is 0 Å². The molecule has 2 aromatic rings. The number of benzene rings is 2. The van der Waals surface area contributed by atoms with Crippen molar-refractivity contribution < 1.29 is 25.8 Å². The van der Waals surface area contributed by atoms with Gasteiger partial charge in [-0.1, -0.05) is 36.4 Å². The van der Waals surface area contributed by atoms with Crippen LogP contribution in [0.3, 0.4) is 0 Å². The fourth-order valence-electron chi connectivity index (χ4n) is 2.74. The standard InChI is InChI=1S/C15H15F3O3S2/c16-15(17,18)23(19,20)21-12-8-9-22(10-12)14-7-3-5-11-4-1-2-6-13(11)14/h1-7,12,22H,8-10H2. The van der Waals surface area contributed by atoms with E-state index in [-0.39, 0.29) is 0 Å². The van der Waals surface area contributed by atoms with Crippen molar-refractivity contribution in [2.45, 2.75) is 22.9 Å². The fourth-order valence-corrected chi connectivity index (χ4v) is 6.29. The molecular formula is C15H15F3O3S2. The van der Waals surface area contributed by atoms with Crippen LogP contribution >= 0.6 is 10.9 Å². The van der Waals surface area contributed by atoms with Crippen molar-refractivity contribution in [3.63, 3.8) is 0 Å². The number of fused-ring (bicyclic) bond motifs is 1. The molecule has 2 atom stereocenters. The number of alkyl halides is 3. The summed E-state index contributed by atoms with van der Waals surface area (Å²) in [5.41, 5.74) is -5.36. The molecule has 1 saturated heterocycles. The average molecular weight is 364 g/mol. The number of rotatable bonds is 3. The van der Waals surface area contributed by atoms with Crippen molar-refractivity contribution >= 4 is 31.8 Å². The number of thiol groups is 1. The minimum atomic E-state index is -5.52. The van der Waals surface area contributed by atoms with E-state index in [0.717, 1.165) is 15.7 Å². The van der Waals surface area contributed by atoms with Gasteiger partial charge in [0, 0.05) is 5.75 Å². The van der Waals surface area contributed by atoms with Gasteiger partial charge in [0.25, 0.3) is 0 Å². The monoisotopic (exact) mass is 364 g/mol. The van der Waals surface area contributed by atoms with Crippen molar-refractivity contribution in [1.29, 1.82) is 0 Å². The summed E-state index contributed by atoms with van der Waals surface area (Å²) in [6.45, 7) is 0. The highest BCUT2D eigenvalue weighted by Crippen LogP contribution is 2.47. The van der Waals surface area contributed by atoms with Gasteiger partial charge in [-0.3, -0.25) is 4.18 Å². The highest BCUT2D eigenvalue weighted by atomic mass is 32.2. The van der Waals surface area contributed by atoms with Crippen LogP contribution in [-0.2, 0) is 14.3 Å². The summed E-state index contributed by atoms with van der Waals surface area (Å²) in [5, 5.41) is 2.14. The normalized spacial score (nSPS) is 24.1. The second kappa shape index (κ2) is 5.99. The van der Waals surface area contributed by atoms with Crippen LogP contribution in [0.4, 0.5) is 13.2 Å². The first-order valence-corrected chi connectivity index (χ1v) is 10.1. The van der Waals surface area contributed by atoms with Gasteiger partial charge in [0.15, 0.2) is 0 Å². The molecule has 0 amide bonds. The van der Waals surface area contributed by atoms with E-state index in [9.17, 15) is 21.6 Å². The fraction of sp³-hybridized carbons (Fsp3) is 0.333. The van der Waals surface area contributed by atoms with Gasteiger partial charge in [0.2, 0.25) is 0 Å². The molecule has 0 aromatic heterocycles. The first-order valence-electron chi connectivity index (χ1n) is 7.00. The van der Waals surface area contributed by atoms with E-state index in [2.05, 4.69) is 4.18 Å². The molecule has 2 aromatic carbocycles. The lowest BCUT2D eigenvalue weighted by molar-refractivity contribution is -0.0565. The van der Waals surface area contributed by atoms with E-state index in [4.69, 9.17) is 0 Å². The van der Waals surface area contributed by atoms with Crippen LogP contribution in [-0.4, -0.2) is 31.5 Å². The lowest BCUT2D eigenvalue weighted by Gasteiger charge is -2.18. The molecule has 1 aliphatic rings. The molecule has 2 unspecified atom stereocenters. The summed E-state index contributed by atoms with van der Waals surface area (Å²) in [5.74, 6) is 1.00. The zero-order chi connectivity index (χ0) is 16.7. The smallest absolute Gasteiger partial charge is 0.259 e. The van der Waals surface area contributed by atoms with Gasteiger partial charge in [-0.2, -0.15) is 21.6 Å². The third kappa shape index (κ3) is 3.34. The highest BCUT2D eigenvalue weighted by Gasteiger charge is 2.49. The number of halogens is 3. The minimum absolute atomic E-state index is 0.324. The summed E-state index contributed by atoms with van der Waals surface area (Å²) in [4.78, 5) is 1.09. The quantitative estimate of drug-likeness (QED) is 0.511. The molecule has 3 rings (SSSR count). The molecule has 3 nitrogen and oxygen atoms in total. The van der Waals surface area contributed by atoms with Gasteiger partial charge in [-0.25, -0.2) is 10.9 Å². The maximum atomic E-state index is 12.4. The minimum Gasteiger partial charge on any atom is -0.259 e. The third-order valence-electron chi connectivity index (χ3n) is 3.80. The lowest BCUT2D eigenvalue weighted by Crippen LogP contribution is -2.30. The first kappa shape index (κ1) is 16.6. The van der Waals surface area contributed by atoms with Gasteiger partial charge in [0.05, 0.1) is 6.10 Å². The first-order chi connectivity index (χ1) is 10.8. The molecule has 23 heavy (non-hydrogen) atoms. The van der Waals surface area contributed by atoms with Crippen molar-refractivity contribution in [1.82, 2.24) is 0 Å². The van der Waals surface area contributed by atoms with Crippen molar-refractivity contribution in [3.8, 4) is 0 Å². The molecule has 1 heterocycles. The Morgan fingerprint density at radius 3 is 2.52 bits per heavy atom. The molecule has 1 aliphatic heterocycles. The van der Waals surface area contributed by atoms with Crippen molar-refractivity contribution in [2.75, 3.05) is 11.5 Å².